The van der Waals surface area contributed by atoms with Crippen molar-refractivity contribution in [2.45, 2.75) is 25.5 Å². The quantitative estimate of drug-likeness (QED) is 0.794. The van der Waals surface area contributed by atoms with E-state index in [-0.39, 0.29) is 12.1 Å². The van der Waals surface area contributed by atoms with E-state index >= 15 is 0 Å². The maximum absolute atomic E-state index is 6.23. The molecule has 108 valence electrons. The fraction of sp³-hybridized carbons (Fsp3) is 0.571. The van der Waals surface area contributed by atoms with Crippen LogP contribution in [-0.2, 0) is 9.47 Å². The van der Waals surface area contributed by atoms with Crippen molar-refractivity contribution in [3.63, 3.8) is 0 Å². The van der Waals surface area contributed by atoms with Gasteiger partial charge in [-0.1, -0.05) is 36.2 Å². The van der Waals surface area contributed by atoms with Gasteiger partial charge in [-0.05, 0) is 24.1 Å². The normalized spacial score (nSPS) is 14.4. The SMILES string of the molecule is CCC(NCC(COC)OC)c1ccc(Cl)cc1Cl. The minimum atomic E-state index is 0.0325. The Hall–Kier alpha value is -0.320. The van der Waals surface area contributed by atoms with Gasteiger partial charge in [-0.15, -0.1) is 0 Å². The van der Waals surface area contributed by atoms with Crippen molar-refractivity contribution >= 4 is 23.2 Å². The number of ether oxygens (including phenoxy) is 2. The van der Waals surface area contributed by atoms with Crippen LogP contribution in [0.15, 0.2) is 18.2 Å². The van der Waals surface area contributed by atoms with Gasteiger partial charge in [0.25, 0.3) is 0 Å². The molecule has 2 atom stereocenters. The molecule has 3 nitrogen and oxygen atoms in total. The molecule has 2 unspecified atom stereocenters. The van der Waals surface area contributed by atoms with Gasteiger partial charge in [0.05, 0.1) is 12.7 Å². The van der Waals surface area contributed by atoms with Gasteiger partial charge < -0.3 is 14.8 Å². The first-order valence-electron chi connectivity index (χ1n) is 6.32. The molecule has 0 saturated heterocycles. The molecule has 0 amide bonds. The summed E-state index contributed by atoms with van der Waals surface area (Å²) in [6.45, 7) is 3.39. The van der Waals surface area contributed by atoms with Crippen LogP contribution in [0.1, 0.15) is 24.9 Å². The summed E-state index contributed by atoms with van der Waals surface area (Å²) in [5.74, 6) is 0. The van der Waals surface area contributed by atoms with Crippen LogP contribution >= 0.6 is 23.2 Å². The van der Waals surface area contributed by atoms with Crippen molar-refractivity contribution in [1.29, 1.82) is 0 Å². The lowest BCUT2D eigenvalue weighted by Crippen LogP contribution is -2.34. The Balaban J connectivity index is 2.67. The van der Waals surface area contributed by atoms with Gasteiger partial charge in [0.2, 0.25) is 0 Å². The third kappa shape index (κ3) is 5.28. The molecule has 0 aliphatic heterocycles. The smallest absolute Gasteiger partial charge is 0.0928 e. The van der Waals surface area contributed by atoms with E-state index in [4.69, 9.17) is 32.7 Å². The van der Waals surface area contributed by atoms with Crippen LogP contribution < -0.4 is 5.32 Å². The van der Waals surface area contributed by atoms with Crippen LogP contribution in [0.5, 0.6) is 0 Å². The predicted octanol–water partition coefficient (Wildman–Crippen LogP) is 3.70. The highest BCUT2D eigenvalue weighted by molar-refractivity contribution is 6.35. The lowest BCUT2D eigenvalue weighted by molar-refractivity contribution is 0.0272. The van der Waals surface area contributed by atoms with E-state index in [1.54, 1.807) is 20.3 Å². The highest BCUT2D eigenvalue weighted by atomic mass is 35.5. The molecule has 1 aromatic carbocycles. The lowest BCUT2D eigenvalue weighted by atomic mass is 10.0. The number of hydrogen-bond donors (Lipinski definition) is 1. The largest absolute Gasteiger partial charge is 0.382 e. The number of nitrogens with one attached hydrogen (secondary N) is 1. The van der Waals surface area contributed by atoms with Gasteiger partial charge in [0.15, 0.2) is 0 Å². The van der Waals surface area contributed by atoms with Crippen LogP contribution in [-0.4, -0.2) is 33.5 Å². The molecular formula is C14H21Cl2NO2. The number of methoxy groups -OCH3 is 2. The number of hydrogen-bond acceptors (Lipinski definition) is 3. The third-order valence-corrected chi connectivity index (χ3v) is 3.59. The Morgan fingerprint density at radius 3 is 2.53 bits per heavy atom. The molecule has 0 radical (unpaired) electrons. The fourth-order valence-electron chi connectivity index (χ4n) is 1.93. The molecular weight excluding hydrogens is 285 g/mol. The highest BCUT2D eigenvalue weighted by Gasteiger charge is 2.15. The Morgan fingerprint density at radius 2 is 2.00 bits per heavy atom. The predicted molar refractivity (Wildman–Crippen MR) is 80.2 cm³/mol. The zero-order chi connectivity index (χ0) is 14.3. The molecule has 0 aliphatic carbocycles. The van der Waals surface area contributed by atoms with Crippen LogP contribution in [0, 0.1) is 0 Å². The molecule has 1 aromatic rings. The van der Waals surface area contributed by atoms with Crippen LogP contribution in [0.4, 0.5) is 0 Å². The van der Waals surface area contributed by atoms with Crippen molar-refractivity contribution < 1.29 is 9.47 Å². The molecule has 5 heteroatoms. The van der Waals surface area contributed by atoms with Crippen molar-refractivity contribution in [2.24, 2.45) is 0 Å². The number of halogens is 2. The first-order valence-corrected chi connectivity index (χ1v) is 7.08. The molecule has 1 rings (SSSR count). The first kappa shape index (κ1) is 16.7. The van der Waals surface area contributed by atoms with Crippen LogP contribution in [0.2, 0.25) is 10.0 Å². The molecule has 0 aromatic heterocycles. The van der Waals surface area contributed by atoms with Gasteiger partial charge in [-0.3, -0.25) is 0 Å². The van der Waals surface area contributed by atoms with Crippen LogP contribution in [0.3, 0.4) is 0 Å². The standard InChI is InChI=1S/C14H21Cl2NO2/c1-4-14(17-8-11(19-3)9-18-2)12-6-5-10(15)7-13(12)16/h5-7,11,14,17H,4,8-9H2,1-3H3. The van der Waals surface area contributed by atoms with E-state index in [2.05, 4.69) is 12.2 Å². The topological polar surface area (TPSA) is 30.5 Å². The molecule has 1 N–H and O–H groups in total. The monoisotopic (exact) mass is 305 g/mol. The summed E-state index contributed by atoms with van der Waals surface area (Å²) in [6.07, 6.45) is 0.968. The van der Waals surface area contributed by atoms with Crippen molar-refractivity contribution in [1.82, 2.24) is 5.32 Å². The number of benzene rings is 1. The lowest BCUT2D eigenvalue weighted by Gasteiger charge is -2.22. The maximum Gasteiger partial charge on any atom is 0.0928 e. The number of rotatable bonds is 8. The van der Waals surface area contributed by atoms with E-state index < -0.39 is 0 Å². The minimum absolute atomic E-state index is 0.0325. The Kier molecular flexibility index (Phi) is 7.73. The van der Waals surface area contributed by atoms with E-state index in [9.17, 15) is 0 Å². The van der Waals surface area contributed by atoms with Gasteiger partial charge in [0.1, 0.15) is 0 Å². The second kappa shape index (κ2) is 8.77. The third-order valence-electron chi connectivity index (χ3n) is 3.02. The second-order valence-electron chi connectivity index (χ2n) is 4.35. The van der Waals surface area contributed by atoms with Crippen molar-refractivity contribution in [3.05, 3.63) is 33.8 Å². The van der Waals surface area contributed by atoms with Crippen molar-refractivity contribution in [2.75, 3.05) is 27.4 Å². The summed E-state index contributed by atoms with van der Waals surface area (Å²) >= 11 is 12.1. The zero-order valence-corrected chi connectivity index (χ0v) is 13.1. The molecule has 0 saturated carbocycles. The molecule has 0 fully saturated rings. The summed E-state index contributed by atoms with van der Waals surface area (Å²) in [5.41, 5.74) is 1.06. The van der Waals surface area contributed by atoms with Gasteiger partial charge in [-0.25, -0.2) is 0 Å². The summed E-state index contributed by atoms with van der Waals surface area (Å²) in [4.78, 5) is 0. The Morgan fingerprint density at radius 1 is 1.26 bits per heavy atom. The Labute approximate surface area is 125 Å². The summed E-state index contributed by atoms with van der Waals surface area (Å²) in [7, 11) is 3.35. The van der Waals surface area contributed by atoms with Gasteiger partial charge in [-0.2, -0.15) is 0 Å². The summed E-state index contributed by atoms with van der Waals surface area (Å²) in [6, 6.07) is 5.77. The molecule has 0 heterocycles. The minimum Gasteiger partial charge on any atom is -0.382 e. The summed E-state index contributed by atoms with van der Waals surface area (Å²) < 4.78 is 10.4. The van der Waals surface area contributed by atoms with Gasteiger partial charge >= 0.3 is 0 Å². The van der Waals surface area contributed by atoms with Crippen molar-refractivity contribution in [3.8, 4) is 0 Å². The average molecular weight is 306 g/mol. The van der Waals surface area contributed by atoms with E-state index in [0.29, 0.717) is 23.2 Å². The maximum atomic E-state index is 6.23. The molecule has 19 heavy (non-hydrogen) atoms. The van der Waals surface area contributed by atoms with Crippen LogP contribution in [0.25, 0.3) is 0 Å². The average Bonchev–Trinajstić information content (AvgIpc) is 2.39. The van der Waals surface area contributed by atoms with E-state index in [1.165, 1.54) is 0 Å². The van der Waals surface area contributed by atoms with Gasteiger partial charge in [0, 0.05) is 36.9 Å². The second-order valence-corrected chi connectivity index (χ2v) is 5.19. The Bertz CT molecular complexity index is 388. The molecule has 0 bridgehead atoms. The first-order chi connectivity index (χ1) is 9.12. The highest BCUT2D eigenvalue weighted by Crippen LogP contribution is 2.27. The van der Waals surface area contributed by atoms with E-state index in [0.717, 1.165) is 12.0 Å². The molecule has 0 spiro atoms. The van der Waals surface area contributed by atoms with E-state index in [1.807, 2.05) is 12.1 Å². The molecule has 0 aliphatic rings. The zero-order valence-electron chi connectivity index (χ0n) is 11.6. The fourth-order valence-corrected chi connectivity index (χ4v) is 2.47. The summed E-state index contributed by atoms with van der Waals surface area (Å²) in [5, 5.41) is 4.79.